The monoisotopic (exact) mass is 459 g/mol. The van der Waals surface area contributed by atoms with Gasteiger partial charge in [0.15, 0.2) is 0 Å². The highest BCUT2D eigenvalue weighted by atomic mass is 127. The van der Waals surface area contributed by atoms with E-state index in [-0.39, 0.29) is 24.0 Å². The largest absolute Gasteiger partial charge is 1.00 e. The quantitative estimate of drug-likeness (QED) is 0.487. The molecule has 2 bridgehead atoms. The first-order valence-electron chi connectivity index (χ1n) is 8.52. The van der Waals surface area contributed by atoms with Crippen molar-refractivity contribution in [3.05, 3.63) is 44.8 Å². The van der Waals surface area contributed by atoms with Crippen molar-refractivity contribution >= 4 is 22.7 Å². The smallest absolute Gasteiger partial charge is 0.0893 e. The zero-order chi connectivity index (χ0) is 15.2. The van der Waals surface area contributed by atoms with Gasteiger partial charge >= 0.3 is 0 Å². The maximum Gasteiger partial charge on any atom is 0.0893 e. The fraction of sp³-hybridized carbons (Fsp3) is 0.579. The first-order chi connectivity index (χ1) is 10.6. The van der Waals surface area contributed by atoms with Gasteiger partial charge in [-0.1, -0.05) is 0 Å². The van der Waals surface area contributed by atoms with Crippen molar-refractivity contribution in [1.82, 2.24) is 0 Å². The lowest BCUT2D eigenvalue weighted by Crippen LogP contribution is -3.00. The number of hydrogen-bond acceptors (Lipinski definition) is 2. The van der Waals surface area contributed by atoms with Gasteiger partial charge in [0.2, 0.25) is 0 Å². The van der Waals surface area contributed by atoms with Crippen molar-refractivity contribution in [2.75, 3.05) is 14.1 Å². The Morgan fingerprint density at radius 2 is 1.52 bits per heavy atom. The molecular formula is C19H26INS2. The Balaban J connectivity index is 0.00000156. The third kappa shape index (κ3) is 3.42. The molecule has 2 saturated heterocycles. The Morgan fingerprint density at radius 1 is 1.00 bits per heavy atom. The Bertz CT molecular complexity index is 555. The van der Waals surface area contributed by atoms with Crippen LogP contribution in [-0.4, -0.2) is 30.7 Å². The topological polar surface area (TPSA) is 0 Å². The molecule has 2 aromatic heterocycles. The molecule has 4 heterocycles. The van der Waals surface area contributed by atoms with Crippen LogP contribution in [0.15, 0.2) is 33.7 Å². The lowest BCUT2D eigenvalue weighted by Gasteiger charge is -2.45. The molecule has 4 rings (SSSR count). The summed E-state index contributed by atoms with van der Waals surface area (Å²) in [6.45, 7) is 0. The summed E-state index contributed by atoms with van der Waals surface area (Å²) in [5, 5.41) is 9.19. The molecule has 3 atom stereocenters. The summed E-state index contributed by atoms with van der Waals surface area (Å²) in [6, 6.07) is 6.50. The highest BCUT2D eigenvalue weighted by Crippen LogP contribution is 2.46. The molecule has 1 nitrogen and oxygen atoms in total. The number of nitrogens with zero attached hydrogens (tertiary/aromatic N) is 1. The van der Waals surface area contributed by atoms with E-state index in [0.717, 1.165) is 18.0 Å². The highest BCUT2D eigenvalue weighted by molar-refractivity contribution is 7.08. The number of piperidine rings is 1. The molecule has 0 aliphatic carbocycles. The zero-order valence-corrected chi connectivity index (χ0v) is 17.7. The van der Waals surface area contributed by atoms with E-state index in [1.54, 1.807) is 0 Å². The van der Waals surface area contributed by atoms with Crippen molar-refractivity contribution in [2.24, 2.45) is 5.92 Å². The van der Waals surface area contributed by atoms with Crippen molar-refractivity contribution in [2.45, 2.75) is 50.1 Å². The van der Waals surface area contributed by atoms with Crippen LogP contribution in [0.5, 0.6) is 0 Å². The standard InChI is InChI=1S/C19H26NS2.HI/c1-20(2)17-3-4-18(20)10-14(9-17)11-19(15-5-7-21-12-15)16-6-8-22-13-16;/h5-8,12-14,17-19H,3-4,9-11H2,1-2H3;1H/q+1;/p-1/t14?,17-,18+;. The predicted octanol–water partition coefficient (Wildman–Crippen LogP) is 2.35. The van der Waals surface area contributed by atoms with Gasteiger partial charge in [0.05, 0.1) is 26.2 Å². The molecule has 0 radical (unpaired) electrons. The van der Waals surface area contributed by atoms with E-state index in [2.05, 4.69) is 47.7 Å². The van der Waals surface area contributed by atoms with E-state index >= 15 is 0 Å². The summed E-state index contributed by atoms with van der Waals surface area (Å²) < 4.78 is 1.29. The lowest BCUT2D eigenvalue weighted by molar-refractivity contribution is -0.931. The second-order valence-corrected chi connectivity index (χ2v) is 9.31. The van der Waals surface area contributed by atoms with Crippen LogP contribution in [0.3, 0.4) is 0 Å². The minimum atomic E-state index is 0. The van der Waals surface area contributed by atoms with E-state index < -0.39 is 0 Å². The average Bonchev–Trinajstić information content (AvgIpc) is 3.19. The molecule has 4 heteroatoms. The summed E-state index contributed by atoms with van der Waals surface area (Å²) in [6.07, 6.45) is 7.13. The van der Waals surface area contributed by atoms with Crippen LogP contribution in [0.4, 0.5) is 0 Å². The second-order valence-electron chi connectivity index (χ2n) is 7.75. The van der Waals surface area contributed by atoms with Gasteiger partial charge in [0, 0.05) is 31.6 Å². The fourth-order valence-corrected chi connectivity index (χ4v) is 6.36. The molecule has 2 aliphatic rings. The van der Waals surface area contributed by atoms with Crippen LogP contribution in [0.1, 0.15) is 49.1 Å². The first kappa shape index (κ1) is 17.9. The van der Waals surface area contributed by atoms with Gasteiger partial charge in [-0.3, -0.25) is 0 Å². The molecule has 0 aromatic carbocycles. The van der Waals surface area contributed by atoms with E-state index in [1.807, 2.05) is 22.7 Å². The summed E-state index contributed by atoms with van der Waals surface area (Å²) in [7, 11) is 4.93. The van der Waals surface area contributed by atoms with Gasteiger partial charge in [-0.05, 0) is 57.1 Å². The molecule has 0 N–H and O–H groups in total. The molecular weight excluding hydrogens is 433 g/mol. The molecule has 0 saturated carbocycles. The number of rotatable bonds is 4. The Hall–Kier alpha value is 0.0900. The normalized spacial score (nSPS) is 28.7. The average molecular weight is 459 g/mol. The molecule has 1 unspecified atom stereocenters. The van der Waals surface area contributed by atoms with E-state index in [9.17, 15) is 0 Å². The molecule has 2 aromatic rings. The molecule has 126 valence electrons. The first-order valence-corrected chi connectivity index (χ1v) is 10.4. The van der Waals surface area contributed by atoms with Crippen molar-refractivity contribution in [3.63, 3.8) is 0 Å². The maximum atomic E-state index is 2.47. The summed E-state index contributed by atoms with van der Waals surface area (Å²) in [5.41, 5.74) is 3.07. The number of thiophene rings is 2. The van der Waals surface area contributed by atoms with Gasteiger partial charge in [0.25, 0.3) is 0 Å². The van der Waals surface area contributed by atoms with Gasteiger partial charge < -0.3 is 28.5 Å². The van der Waals surface area contributed by atoms with Gasteiger partial charge in [-0.2, -0.15) is 22.7 Å². The van der Waals surface area contributed by atoms with Crippen molar-refractivity contribution in [1.29, 1.82) is 0 Å². The summed E-state index contributed by atoms with van der Waals surface area (Å²) >= 11 is 3.68. The van der Waals surface area contributed by atoms with E-state index in [4.69, 9.17) is 0 Å². The molecule has 0 spiro atoms. The molecule has 2 aliphatic heterocycles. The fourth-order valence-electron chi connectivity index (χ4n) is 4.93. The van der Waals surface area contributed by atoms with Crippen LogP contribution in [0, 0.1) is 5.92 Å². The SMILES string of the molecule is C[N+]1(C)[C@@H]2CC[C@H]1CC(CC(c1ccsc1)c1ccsc1)C2.[I-]. The second kappa shape index (κ2) is 7.14. The van der Waals surface area contributed by atoms with Gasteiger partial charge in [-0.15, -0.1) is 0 Å². The van der Waals surface area contributed by atoms with Crippen LogP contribution in [-0.2, 0) is 0 Å². The van der Waals surface area contributed by atoms with Crippen molar-refractivity contribution < 1.29 is 28.5 Å². The van der Waals surface area contributed by atoms with Crippen LogP contribution in [0.2, 0.25) is 0 Å². The Kier molecular flexibility index (Phi) is 5.56. The van der Waals surface area contributed by atoms with Crippen LogP contribution < -0.4 is 24.0 Å². The Labute approximate surface area is 165 Å². The maximum absolute atomic E-state index is 2.47. The van der Waals surface area contributed by atoms with E-state index in [1.165, 1.54) is 47.7 Å². The molecule has 2 fully saturated rings. The lowest BCUT2D eigenvalue weighted by atomic mass is 9.79. The Morgan fingerprint density at radius 3 is 1.96 bits per heavy atom. The number of fused-ring (bicyclic) bond motifs is 2. The van der Waals surface area contributed by atoms with Crippen LogP contribution in [0.25, 0.3) is 0 Å². The van der Waals surface area contributed by atoms with Crippen molar-refractivity contribution in [3.8, 4) is 0 Å². The predicted molar refractivity (Wildman–Crippen MR) is 96.7 cm³/mol. The van der Waals surface area contributed by atoms with Gasteiger partial charge in [-0.25, -0.2) is 0 Å². The molecule has 23 heavy (non-hydrogen) atoms. The summed E-state index contributed by atoms with van der Waals surface area (Å²) in [5.74, 6) is 1.53. The third-order valence-electron chi connectivity index (χ3n) is 6.39. The van der Waals surface area contributed by atoms with E-state index in [0.29, 0.717) is 5.92 Å². The summed E-state index contributed by atoms with van der Waals surface area (Å²) in [4.78, 5) is 0. The minimum absolute atomic E-state index is 0. The number of hydrogen-bond donors (Lipinski definition) is 0. The zero-order valence-electron chi connectivity index (χ0n) is 14.0. The third-order valence-corrected chi connectivity index (χ3v) is 7.79. The van der Waals surface area contributed by atoms with Gasteiger partial charge in [0.1, 0.15) is 0 Å². The highest BCUT2D eigenvalue weighted by Gasteiger charge is 2.48. The van der Waals surface area contributed by atoms with Crippen LogP contribution >= 0.6 is 22.7 Å². The number of quaternary nitrogens is 1. The number of halogens is 1. The molecule has 0 amide bonds. The minimum Gasteiger partial charge on any atom is -1.00 e.